The van der Waals surface area contributed by atoms with Crippen LogP contribution in [0.15, 0.2) is 52.5 Å². The van der Waals surface area contributed by atoms with Gasteiger partial charge in [0.05, 0.1) is 10.4 Å². The molecule has 1 fully saturated rings. The fraction of sp³-hybridized carbons (Fsp3) is 0.182. The van der Waals surface area contributed by atoms with Crippen LogP contribution in [-0.4, -0.2) is 32.5 Å². The van der Waals surface area contributed by atoms with E-state index in [2.05, 4.69) is 15.1 Å². The Morgan fingerprint density at radius 3 is 2.84 bits per heavy atom. The Kier molecular flexibility index (Phi) is 5.25. The van der Waals surface area contributed by atoms with E-state index in [1.54, 1.807) is 16.5 Å². The number of likely N-dealkylation sites (tertiary alicyclic amines) is 1. The molecule has 9 heteroatoms. The van der Waals surface area contributed by atoms with Crippen molar-refractivity contribution in [1.29, 1.82) is 0 Å². The lowest BCUT2D eigenvalue weighted by Crippen LogP contribution is -2.45. The first-order chi connectivity index (χ1) is 15.0. The van der Waals surface area contributed by atoms with E-state index in [1.807, 2.05) is 43.3 Å². The third kappa shape index (κ3) is 3.63. The average molecular weight is 471 g/mol. The van der Waals surface area contributed by atoms with E-state index in [4.69, 9.17) is 27.7 Å². The molecule has 2 aromatic heterocycles. The Labute approximate surface area is 192 Å². The number of hydrogen-bond acceptors (Lipinski definition) is 6. The molecule has 1 saturated heterocycles. The third-order valence-electron chi connectivity index (χ3n) is 5.37. The number of hydrogen-bond donors (Lipinski definition) is 0. The lowest BCUT2D eigenvalue weighted by Gasteiger charge is -2.38. The molecule has 4 aromatic rings. The number of amides is 1. The van der Waals surface area contributed by atoms with Crippen molar-refractivity contribution in [3.63, 3.8) is 0 Å². The number of nitrogens with zero attached hydrogens (tertiary/aromatic N) is 4. The van der Waals surface area contributed by atoms with Crippen LogP contribution in [0.25, 0.3) is 21.8 Å². The minimum absolute atomic E-state index is 0.161. The zero-order valence-corrected chi connectivity index (χ0v) is 18.7. The van der Waals surface area contributed by atoms with Gasteiger partial charge in [-0.05, 0) is 42.7 Å². The average Bonchev–Trinajstić information content (AvgIpc) is 3.39. The molecular weight excluding hydrogens is 455 g/mol. The van der Waals surface area contributed by atoms with E-state index < -0.39 is 0 Å². The molecule has 1 aliphatic rings. The van der Waals surface area contributed by atoms with Gasteiger partial charge in [-0.3, -0.25) is 4.79 Å². The highest BCUT2D eigenvalue weighted by molar-refractivity contribution is 7.13. The van der Waals surface area contributed by atoms with E-state index >= 15 is 0 Å². The molecular formula is C22H16Cl2N4O2S. The van der Waals surface area contributed by atoms with E-state index in [9.17, 15) is 4.79 Å². The minimum Gasteiger partial charge on any atom is -0.337 e. The second-order valence-electron chi connectivity index (χ2n) is 7.21. The maximum atomic E-state index is 13.3. The summed E-state index contributed by atoms with van der Waals surface area (Å²) in [7, 11) is 0. The first-order valence-corrected chi connectivity index (χ1v) is 11.3. The fourth-order valence-electron chi connectivity index (χ4n) is 3.59. The molecule has 3 heterocycles. The highest BCUT2D eigenvalue weighted by Crippen LogP contribution is 2.37. The third-order valence-corrected chi connectivity index (χ3v) is 6.89. The molecule has 1 amide bonds. The van der Waals surface area contributed by atoms with Crippen molar-refractivity contribution in [2.24, 2.45) is 0 Å². The van der Waals surface area contributed by atoms with Crippen LogP contribution in [0.5, 0.6) is 0 Å². The van der Waals surface area contributed by atoms with Crippen molar-refractivity contribution in [2.75, 3.05) is 6.54 Å². The van der Waals surface area contributed by atoms with Gasteiger partial charge in [-0.25, -0.2) is 4.98 Å². The van der Waals surface area contributed by atoms with Gasteiger partial charge >= 0.3 is 0 Å². The summed E-state index contributed by atoms with van der Waals surface area (Å²) in [5.41, 5.74) is 4.63. The number of carbonyl (C=O) groups is 1. The summed E-state index contributed by atoms with van der Waals surface area (Å²) in [5.74, 6) is 0.710. The molecule has 31 heavy (non-hydrogen) atoms. The van der Waals surface area contributed by atoms with Crippen LogP contribution >= 0.6 is 34.5 Å². The number of rotatable bonds is 4. The maximum Gasteiger partial charge on any atom is 0.274 e. The lowest BCUT2D eigenvalue weighted by atomic mass is 10.0. The van der Waals surface area contributed by atoms with E-state index in [-0.39, 0.29) is 11.9 Å². The summed E-state index contributed by atoms with van der Waals surface area (Å²) >= 11 is 13.8. The van der Waals surface area contributed by atoms with Gasteiger partial charge in [0.1, 0.15) is 11.7 Å². The van der Waals surface area contributed by atoms with Gasteiger partial charge in [-0.1, -0.05) is 52.6 Å². The van der Waals surface area contributed by atoms with Gasteiger partial charge in [0.25, 0.3) is 5.91 Å². The Balaban J connectivity index is 1.41. The summed E-state index contributed by atoms with van der Waals surface area (Å²) in [6, 6.07) is 12.7. The molecule has 1 aliphatic heterocycles. The predicted octanol–water partition coefficient (Wildman–Crippen LogP) is 6.06. The normalized spacial score (nSPS) is 15.7. The van der Waals surface area contributed by atoms with Crippen molar-refractivity contribution < 1.29 is 9.32 Å². The van der Waals surface area contributed by atoms with Crippen LogP contribution in [-0.2, 0) is 0 Å². The Bertz CT molecular complexity index is 1290. The molecule has 6 nitrogen and oxygen atoms in total. The molecule has 156 valence electrons. The monoisotopic (exact) mass is 470 g/mol. The van der Waals surface area contributed by atoms with Gasteiger partial charge in [-0.15, -0.1) is 11.3 Å². The van der Waals surface area contributed by atoms with Gasteiger partial charge in [0.15, 0.2) is 0 Å². The van der Waals surface area contributed by atoms with E-state index in [0.717, 1.165) is 28.0 Å². The van der Waals surface area contributed by atoms with Crippen molar-refractivity contribution in [1.82, 2.24) is 20.0 Å². The summed E-state index contributed by atoms with van der Waals surface area (Å²) in [4.78, 5) is 24.6. The first kappa shape index (κ1) is 20.2. The van der Waals surface area contributed by atoms with Gasteiger partial charge in [0.2, 0.25) is 11.7 Å². The predicted molar refractivity (Wildman–Crippen MR) is 120 cm³/mol. The van der Waals surface area contributed by atoms with Gasteiger partial charge < -0.3 is 9.42 Å². The highest BCUT2D eigenvalue weighted by atomic mass is 35.5. The standard InChI is InChI=1S/C22H16Cl2N4O2S/c1-12-15(6-3-7-16(12)24)20-26-21(30-27-20)17-8-9-28(17)22(29)18-19(31-11-25-18)13-4-2-5-14(23)10-13/h2-7,10-11,17H,8-9H2,1H3. The number of halogens is 2. The number of aromatic nitrogens is 3. The topological polar surface area (TPSA) is 72.1 Å². The molecule has 0 N–H and O–H groups in total. The second kappa shape index (κ2) is 8.07. The van der Waals surface area contributed by atoms with Crippen LogP contribution in [0.3, 0.4) is 0 Å². The molecule has 2 aromatic carbocycles. The molecule has 1 atom stereocenters. The van der Waals surface area contributed by atoms with Crippen molar-refractivity contribution in [3.8, 4) is 21.8 Å². The molecule has 0 bridgehead atoms. The second-order valence-corrected chi connectivity index (χ2v) is 8.91. The van der Waals surface area contributed by atoms with Gasteiger partial charge in [0, 0.05) is 22.2 Å². The van der Waals surface area contributed by atoms with Crippen LogP contribution < -0.4 is 0 Å². The molecule has 1 unspecified atom stereocenters. The van der Waals surface area contributed by atoms with Crippen LogP contribution in [0.1, 0.15) is 34.4 Å². The molecule has 0 spiro atoms. The number of thiazole rings is 1. The zero-order chi connectivity index (χ0) is 21.5. The van der Waals surface area contributed by atoms with E-state index in [1.165, 1.54) is 11.3 Å². The summed E-state index contributed by atoms with van der Waals surface area (Å²) in [5, 5.41) is 5.36. The SMILES string of the molecule is Cc1c(Cl)cccc1-c1noc(C2CCN2C(=O)c2ncsc2-c2cccc(Cl)c2)n1. The highest BCUT2D eigenvalue weighted by Gasteiger charge is 2.39. The summed E-state index contributed by atoms with van der Waals surface area (Å²) in [6.07, 6.45) is 0.749. The van der Waals surface area contributed by atoms with Crippen LogP contribution in [0, 0.1) is 6.92 Å². The molecule has 0 saturated carbocycles. The largest absolute Gasteiger partial charge is 0.337 e. The lowest BCUT2D eigenvalue weighted by molar-refractivity contribution is 0.0374. The van der Waals surface area contributed by atoms with E-state index in [0.29, 0.717) is 34.0 Å². The Hall–Kier alpha value is -2.74. The Morgan fingerprint density at radius 1 is 1.23 bits per heavy atom. The first-order valence-electron chi connectivity index (χ1n) is 9.62. The molecule has 0 radical (unpaired) electrons. The van der Waals surface area contributed by atoms with Crippen LogP contribution in [0.4, 0.5) is 0 Å². The van der Waals surface area contributed by atoms with Crippen molar-refractivity contribution in [3.05, 3.63) is 75.2 Å². The zero-order valence-electron chi connectivity index (χ0n) is 16.4. The van der Waals surface area contributed by atoms with Crippen molar-refractivity contribution in [2.45, 2.75) is 19.4 Å². The smallest absolute Gasteiger partial charge is 0.274 e. The number of carbonyl (C=O) groups excluding carboxylic acids is 1. The maximum absolute atomic E-state index is 13.3. The van der Waals surface area contributed by atoms with Crippen molar-refractivity contribution >= 4 is 40.4 Å². The number of benzene rings is 2. The van der Waals surface area contributed by atoms with Gasteiger partial charge in [-0.2, -0.15) is 4.98 Å². The quantitative estimate of drug-likeness (QED) is 0.362. The molecule has 0 aliphatic carbocycles. The van der Waals surface area contributed by atoms with Crippen LogP contribution in [0.2, 0.25) is 10.0 Å². The minimum atomic E-state index is -0.276. The Morgan fingerprint density at radius 2 is 2.06 bits per heavy atom. The summed E-state index contributed by atoms with van der Waals surface area (Å²) < 4.78 is 5.51. The summed E-state index contributed by atoms with van der Waals surface area (Å²) in [6.45, 7) is 2.51. The fourth-order valence-corrected chi connectivity index (χ4v) is 4.73. The molecule has 5 rings (SSSR count).